The molecule has 0 fully saturated rings. The summed E-state index contributed by atoms with van der Waals surface area (Å²) in [5.74, 6) is 1.02. The lowest BCUT2D eigenvalue weighted by molar-refractivity contribution is -0.113. The van der Waals surface area contributed by atoms with Gasteiger partial charge in [-0.15, -0.1) is 0 Å². The smallest absolute Gasteiger partial charge is 0.278 e. The molecule has 8 nitrogen and oxygen atoms in total. The van der Waals surface area contributed by atoms with Crippen molar-refractivity contribution in [2.45, 2.75) is 32.0 Å². The van der Waals surface area contributed by atoms with E-state index in [1.807, 2.05) is 26.8 Å². The van der Waals surface area contributed by atoms with Crippen molar-refractivity contribution in [2.24, 2.45) is 0 Å². The van der Waals surface area contributed by atoms with Crippen molar-refractivity contribution >= 4 is 34.4 Å². The minimum Gasteiger partial charge on any atom is -0.493 e. The quantitative estimate of drug-likeness (QED) is 0.453. The molecule has 0 radical (unpaired) electrons. The van der Waals surface area contributed by atoms with Crippen molar-refractivity contribution < 1.29 is 14.3 Å². The van der Waals surface area contributed by atoms with Crippen LogP contribution in [-0.4, -0.2) is 40.4 Å². The molecule has 2 N–H and O–H groups in total. The Morgan fingerprint density at radius 3 is 2.62 bits per heavy atom. The van der Waals surface area contributed by atoms with Crippen LogP contribution in [0, 0.1) is 6.92 Å². The highest BCUT2D eigenvalue weighted by Gasteiger charge is 2.17. The Hall–Kier alpha value is -2.94. The molecule has 1 amide bonds. The van der Waals surface area contributed by atoms with Crippen LogP contribution in [0.5, 0.6) is 11.5 Å². The van der Waals surface area contributed by atoms with Crippen molar-refractivity contribution in [1.29, 1.82) is 0 Å². The summed E-state index contributed by atoms with van der Waals surface area (Å²) in [6.45, 7) is 5.71. The molecule has 154 valence electrons. The first-order chi connectivity index (χ1) is 13.8. The maximum Gasteiger partial charge on any atom is 0.278 e. The Morgan fingerprint density at radius 1 is 1.24 bits per heavy atom. The molecule has 0 spiro atoms. The van der Waals surface area contributed by atoms with Gasteiger partial charge in [-0.05, 0) is 39.0 Å². The SMILES string of the molecule is COc1ccc(NC(=O)CSc2nc3cc(C)[nH]c3c(=O)n2C(C)C)cc1OC. The van der Waals surface area contributed by atoms with Gasteiger partial charge in [0.1, 0.15) is 5.52 Å². The van der Waals surface area contributed by atoms with E-state index in [4.69, 9.17) is 9.47 Å². The summed E-state index contributed by atoms with van der Waals surface area (Å²) in [6, 6.07) is 6.90. The van der Waals surface area contributed by atoms with Gasteiger partial charge in [0.2, 0.25) is 5.91 Å². The summed E-state index contributed by atoms with van der Waals surface area (Å²) in [7, 11) is 3.09. The Kier molecular flexibility index (Phi) is 6.17. The Labute approximate surface area is 172 Å². The molecular weight excluding hydrogens is 392 g/mol. The molecule has 29 heavy (non-hydrogen) atoms. The first-order valence-corrected chi connectivity index (χ1v) is 10.1. The standard InChI is InChI=1S/C20H24N4O4S/c1-11(2)24-19(26)18-14(8-12(3)21-18)23-20(24)29-10-17(25)22-13-6-7-15(27-4)16(9-13)28-5/h6-9,11,21H,10H2,1-5H3,(H,22,25). The number of aromatic nitrogens is 3. The van der Waals surface area contributed by atoms with Gasteiger partial charge in [0.25, 0.3) is 5.56 Å². The number of nitrogens with zero attached hydrogens (tertiary/aromatic N) is 2. The minimum absolute atomic E-state index is 0.0839. The minimum atomic E-state index is -0.211. The Balaban J connectivity index is 1.79. The van der Waals surface area contributed by atoms with Gasteiger partial charge in [-0.2, -0.15) is 0 Å². The number of fused-ring (bicyclic) bond motifs is 1. The highest BCUT2D eigenvalue weighted by atomic mass is 32.2. The average Bonchev–Trinajstić information content (AvgIpc) is 3.06. The summed E-state index contributed by atoms with van der Waals surface area (Å²) in [4.78, 5) is 32.9. The van der Waals surface area contributed by atoms with Crippen molar-refractivity contribution in [2.75, 3.05) is 25.3 Å². The average molecular weight is 417 g/mol. The molecule has 0 unspecified atom stereocenters. The summed E-state index contributed by atoms with van der Waals surface area (Å²) in [6.07, 6.45) is 0. The molecule has 0 aliphatic heterocycles. The third-order valence-corrected chi connectivity index (χ3v) is 5.26. The zero-order valence-electron chi connectivity index (χ0n) is 17.0. The number of methoxy groups -OCH3 is 2. The molecule has 0 aliphatic carbocycles. The number of anilines is 1. The van der Waals surface area contributed by atoms with E-state index in [2.05, 4.69) is 15.3 Å². The molecule has 0 saturated carbocycles. The number of thioether (sulfide) groups is 1. The highest BCUT2D eigenvalue weighted by Crippen LogP contribution is 2.30. The molecule has 3 aromatic rings. The normalized spacial score (nSPS) is 11.1. The lowest BCUT2D eigenvalue weighted by Crippen LogP contribution is -2.25. The van der Waals surface area contributed by atoms with Crippen LogP contribution in [0.2, 0.25) is 0 Å². The number of aryl methyl sites for hydroxylation is 1. The van der Waals surface area contributed by atoms with E-state index in [0.29, 0.717) is 33.4 Å². The monoisotopic (exact) mass is 416 g/mol. The summed E-state index contributed by atoms with van der Waals surface area (Å²) >= 11 is 1.23. The van der Waals surface area contributed by atoms with Crippen LogP contribution >= 0.6 is 11.8 Å². The molecular formula is C20H24N4O4S. The molecule has 0 saturated heterocycles. The fraction of sp³-hybridized carbons (Fsp3) is 0.350. The molecule has 2 heterocycles. The van der Waals surface area contributed by atoms with Gasteiger partial charge in [0.05, 0.1) is 25.5 Å². The van der Waals surface area contributed by atoms with Gasteiger partial charge in [-0.3, -0.25) is 14.2 Å². The molecule has 1 aromatic carbocycles. The second kappa shape index (κ2) is 8.60. The van der Waals surface area contributed by atoms with E-state index in [9.17, 15) is 9.59 Å². The molecule has 0 bridgehead atoms. The van der Waals surface area contributed by atoms with Gasteiger partial charge in [-0.25, -0.2) is 4.98 Å². The number of ether oxygens (including phenoxy) is 2. The Bertz CT molecular complexity index is 1100. The fourth-order valence-electron chi connectivity index (χ4n) is 2.99. The number of hydrogen-bond acceptors (Lipinski definition) is 6. The Morgan fingerprint density at radius 2 is 1.97 bits per heavy atom. The summed E-state index contributed by atoms with van der Waals surface area (Å²) in [5, 5.41) is 3.34. The third-order valence-electron chi connectivity index (χ3n) is 4.30. The molecule has 9 heteroatoms. The van der Waals surface area contributed by atoms with E-state index in [1.54, 1.807) is 29.9 Å². The number of aromatic amines is 1. The van der Waals surface area contributed by atoms with Crippen molar-refractivity contribution in [3.05, 3.63) is 40.3 Å². The fourth-order valence-corrected chi connectivity index (χ4v) is 3.92. The number of nitrogens with one attached hydrogen (secondary N) is 2. The van der Waals surface area contributed by atoms with Gasteiger partial charge < -0.3 is 19.8 Å². The number of hydrogen-bond donors (Lipinski definition) is 2. The number of benzene rings is 1. The van der Waals surface area contributed by atoms with Crippen molar-refractivity contribution in [3.63, 3.8) is 0 Å². The topological polar surface area (TPSA) is 98.2 Å². The first kappa shape index (κ1) is 20.8. The number of rotatable bonds is 7. The van der Waals surface area contributed by atoms with Gasteiger partial charge in [-0.1, -0.05) is 11.8 Å². The number of carbonyl (C=O) groups is 1. The third kappa shape index (κ3) is 4.40. The highest BCUT2D eigenvalue weighted by molar-refractivity contribution is 7.99. The van der Waals surface area contributed by atoms with Crippen LogP contribution in [0.25, 0.3) is 11.0 Å². The van der Waals surface area contributed by atoms with Gasteiger partial charge >= 0.3 is 0 Å². The molecule has 0 atom stereocenters. The number of carbonyl (C=O) groups excluding carboxylic acids is 1. The van der Waals surface area contributed by atoms with E-state index < -0.39 is 0 Å². The maximum atomic E-state index is 12.8. The second-order valence-corrected chi connectivity index (χ2v) is 7.72. The molecule has 2 aromatic heterocycles. The predicted octanol–water partition coefficient (Wildman–Crippen LogP) is 3.36. The van der Waals surface area contributed by atoms with Crippen LogP contribution in [-0.2, 0) is 4.79 Å². The number of amides is 1. The van der Waals surface area contributed by atoms with Crippen LogP contribution in [0.1, 0.15) is 25.6 Å². The molecule has 0 aliphatic rings. The van der Waals surface area contributed by atoms with Crippen LogP contribution in [0.15, 0.2) is 34.2 Å². The zero-order valence-corrected chi connectivity index (χ0v) is 17.8. The van der Waals surface area contributed by atoms with E-state index in [0.717, 1.165) is 5.69 Å². The van der Waals surface area contributed by atoms with Gasteiger partial charge in [0.15, 0.2) is 16.7 Å². The van der Waals surface area contributed by atoms with E-state index in [-0.39, 0.29) is 23.3 Å². The van der Waals surface area contributed by atoms with E-state index >= 15 is 0 Å². The van der Waals surface area contributed by atoms with Crippen molar-refractivity contribution in [1.82, 2.24) is 14.5 Å². The summed E-state index contributed by atoms with van der Waals surface area (Å²) < 4.78 is 12.1. The van der Waals surface area contributed by atoms with Crippen LogP contribution < -0.4 is 20.3 Å². The first-order valence-electron chi connectivity index (χ1n) is 9.10. The summed E-state index contributed by atoms with van der Waals surface area (Å²) in [5.41, 5.74) is 2.41. The predicted molar refractivity (Wildman–Crippen MR) is 114 cm³/mol. The van der Waals surface area contributed by atoms with E-state index in [1.165, 1.54) is 18.9 Å². The van der Waals surface area contributed by atoms with Crippen LogP contribution in [0.3, 0.4) is 0 Å². The zero-order chi connectivity index (χ0) is 21.1. The lowest BCUT2D eigenvalue weighted by Gasteiger charge is -2.15. The van der Waals surface area contributed by atoms with Crippen LogP contribution in [0.4, 0.5) is 5.69 Å². The second-order valence-electron chi connectivity index (χ2n) is 6.78. The number of H-pyrrole nitrogens is 1. The van der Waals surface area contributed by atoms with Gasteiger partial charge in [0, 0.05) is 23.5 Å². The lowest BCUT2D eigenvalue weighted by atomic mass is 10.2. The molecule has 3 rings (SSSR count). The van der Waals surface area contributed by atoms with Crippen molar-refractivity contribution in [3.8, 4) is 11.5 Å². The largest absolute Gasteiger partial charge is 0.493 e. The maximum absolute atomic E-state index is 12.8.